The summed E-state index contributed by atoms with van der Waals surface area (Å²) in [4.78, 5) is 70.7. The Kier molecular flexibility index (Phi) is 53.1. The zero-order valence-electron chi connectivity index (χ0n) is 79.6. The summed E-state index contributed by atoms with van der Waals surface area (Å²) < 4.78 is 144. The molecular formula is C86H129Br10N17O21S5. The number of anilines is 5. The van der Waals surface area contributed by atoms with Crippen molar-refractivity contribution in [1.29, 1.82) is 0 Å². The molecule has 0 aromatic heterocycles. The molecule has 139 heavy (non-hydrogen) atoms. The Bertz CT molecular complexity index is 5490. The highest BCUT2D eigenvalue weighted by molar-refractivity contribution is 9.10. The smallest absolute Gasteiger partial charge is 0.271 e. The van der Waals surface area contributed by atoms with Crippen LogP contribution in [0.25, 0.3) is 0 Å². The number of halogens is 10. The summed E-state index contributed by atoms with van der Waals surface area (Å²) in [7, 11) is -11.0. The second-order valence-corrected chi connectivity index (χ2v) is 52.2. The second-order valence-electron chi connectivity index (χ2n) is 34.2. The average molecular weight is 2700 g/mol. The van der Waals surface area contributed by atoms with E-state index in [0.29, 0.717) is 266 Å². The average Bonchev–Trinajstić information content (AvgIpc) is 1.64. The number of hydrogen-bond donors (Lipinski definition) is 1. The fourth-order valence-electron chi connectivity index (χ4n) is 17.5. The molecule has 1 atom stereocenters. The summed E-state index contributed by atoms with van der Waals surface area (Å²) >= 11 is 34.1. The predicted octanol–water partition coefficient (Wildman–Crippen LogP) is 16.3. The van der Waals surface area contributed by atoms with Gasteiger partial charge in [-0.05, 0) is 187 Å². The molecule has 53 heteroatoms. The van der Waals surface area contributed by atoms with Gasteiger partial charge in [0.2, 0.25) is 30.1 Å². The largest absolute Gasteiger partial charge is 0.379 e. The highest BCUT2D eigenvalue weighted by Crippen LogP contribution is 2.44. The summed E-state index contributed by atoms with van der Waals surface area (Å²) in [5.41, 5.74) is 10.6. The molecule has 10 rings (SSSR count). The topological polar surface area (TPSA) is 457 Å². The van der Waals surface area contributed by atoms with Crippen molar-refractivity contribution < 1.29 is 71.4 Å². The van der Waals surface area contributed by atoms with Crippen LogP contribution in [0.1, 0.15) is 98.4 Å². The summed E-state index contributed by atoms with van der Waals surface area (Å²) in [6.07, 6.45) is 7.30. The number of nitrogens with two attached hydrogens (primary N) is 1. The second kappa shape index (κ2) is 59.5. The van der Waals surface area contributed by atoms with Gasteiger partial charge in [0.15, 0.2) is 19.7 Å². The van der Waals surface area contributed by atoms with Gasteiger partial charge in [-0.1, -0.05) is 159 Å². The Morgan fingerprint density at radius 3 is 0.777 bits per heavy atom. The fourth-order valence-corrected chi connectivity index (χ4v) is 31.3. The van der Waals surface area contributed by atoms with Crippen molar-refractivity contribution in [3.05, 3.63) is 139 Å². The van der Waals surface area contributed by atoms with E-state index < -0.39 is 84.9 Å². The van der Waals surface area contributed by atoms with E-state index >= 15 is 0 Å². The van der Waals surface area contributed by atoms with Crippen LogP contribution in [-0.4, -0.2) is 343 Å². The Balaban J connectivity index is 0.000000267. The number of ether oxygens (including phenoxy) is 1. The number of nitrogens with zero attached hydrogens (tertiary/aromatic N) is 16. The number of rotatable bonds is 41. The van der Waals surface area contributed by atoms with E-state index in [0.717, 1.165) is 51.7 Å². The molecule has 0 amide bonds. The van der Waals surface area contributed by atoms with E-state index in [9.17, 15) is 92.7 Å². The van der Waals surface area contributed by atoms with Crippen LogP contribution in [0, 0.1) is 85.2 Å². The van der Waals surface area contributed by atoms with Crippen LogP contribution in [0.5, 0.6) is 0 Å². The van der Waals surface area contributed by atoms with Gasteiger partial charge >= 0.3 is 0 Å². The summed E-state index contributed by atoms with van der Waals surface area (Å²) in [6.45, 7) is 20.5. The molecule has 5 heterocycles. The minimum Gasteiger partial charge on any atom is -0.379 e. The molecule has 5 aliphatic heterocycles. The number of sulfonamides is 3. The van der Waals surface area contributed by atoms with Crippen molar-refractivity contribution in [2.24, 2.45) is 5.73 Å². The number of nitro groups is 5. The van der Waals surface area contributed by atoms with Gasteiger partial charge in [0, 0.05) is 231 Å². The number of non-ortho nitro benzene ring substituents is 5. The Hall–Kier alpha value is -3.67. The maximum atomic E-state index is 13.7. The first-order valence-electron chi connectivity index (χ1n) is 45.3. The molecule has 0 spiro atoms. The van der Waals surface area contributed by atoms with E-state index in [1.165, 1.54) is 73.6 Å². The molecule has 5 aromatic rings. The molecule has 0 radical (unpaired) electrons. The van der Waals surface area contributed by atoms with Gasteiger partial charge in [-0.3, -0.25) is 50.6 Å². The Morgan fingerprint density at radius 2 is 0.540 bits per heavy atom. The lowest BCUT2D eigenvalue weighted by atomic mass is 10.1. The highest BCUT2D eigenvalue weighted by atomic mass is 79.9. The molecule has 2 N–H and O–H groups in total. The van der Waals surface area contributed by atoms with Gasteiger partial charge < -0.3 is 49.7 Å². The lowest BCUT2D eigenvalue weighted by Gasteiger charge is -2.35. The lowest BCUT2D eigenvalue weighted by molar-refractivity contribution is -0.385. The number of alkyl halides is 10. The van der Waals surface area contributed by atoms with Gasteiger partial charge in [0.05, 0.1) is 86.6 Å². The molecule has 38 nitrogen and oxygen atoms in total. The summed E-state index contributed by atoms with van der Waals surface area (Å²) in [6, 6.07) is 13.6. The molecule has 784 valence electrons. The molecule has 5 saturated heterocycles. The minimum absolute atomic E-state index is 0.00780. The number of benzene rings is 5. The molecule has 0 saturated carbocycles. The molecular weight excluding hydrogens is 2570 g/mol. The zero-order valence-corrected chi connectivity index (χ0v) is 99.6. The number of aryl methyl sites for hydroxylation is 5. The Labute approximate surface area is 902 Å². The lowest BCUT2D eigenvalue weighted by Crippen LogP contribution is -2.44. The van der Waals surface area contributed by atoms with E-state index in [-0.39, 0.29) is 72.0 Å². The fraction of sp³-hybridized carbons (Fsp3) is 0.651. The van der Waals surface area contributed by atoms with Gasteiger partial charge in [-0.25, -0.2) is 42.1 Å². The van der Waals surface area contributed by atoms with Crippen molar-refractivity contribution in [1.82, 2.24) is 27.6 Å². The molecule has 5 fully saturated rings. The number of sulfone groups is 2. The third-order valence-electron chi connectivity index (χ3n) is 24.4. The monoisotopic (exact) mass is 2680 g/mol. The van der Waals surface area contributed by atoms with Crippen molar-refractivity contribution in [2.75, 3.05) is 250 Å². The maximum absolute atomic E-state index is 13.7. The van der Waals surface area contributed by atoms with Crippen molar-refractivity contribution in [2.45, 2.75) is 152 Å². The predicted molar refractivity (Wildman–Crippen MR) is 588 cm³/mol. The van der Waals surface area contributed by atoms with Gasteiger partial charge in [-0.2, -0.15) is 12.9 Å². The highest BCUT2D eigenvalue weighted by Gasteiger charge is 2.42. The molecule has 5 aromatic carbocycles. The van der Waals surface area contributed by atoms with Crippen LogP contribution in [0.3, 0.4) is 0 Å². The zero-order chi connectivity index (χ0) is 104. The number of morpholine rings is 1. The first-order chi connectivity index (χ1) is 65.6. The SMILES string of the molecule is Cc1cc([N+](=O)[O-])cc(S(=O)(=O)C2CCCN(C)CC2)c1N(CCBr)CCBr.Cc1cc([N+](=O)[O-])cc(S(=O)(=O)C2CCCN(C)CCC2)c1N(CCBr)CCBr.Cc1cc([N+](=O)[O-])cc(S(=O)(=O)N2CCC(N(C)C)CC2)c1N(CCBr)CCBr.Cc1cc([N+](=O)[O-])cc(S(=O)(=O)N2CCC(N)CC2)c1N(CCBr)CCBr.Cc1cc([N+](=O)[O-])cc(S(=O)(=O)N2CCOCC2)c1N(CCBr)CCBr. The Morgan fingerprint density at radius 1 is 0.324 bits per heavy atom. The van der Waals surface area contributed by atoms with Crippen molar-refractivity contribution in [3.8, 4) is 0 Å². The third-order valence-corrected chi connectivity index (χ3v) is 38.3. The summed E-state index contributed by atoms with van der Waals surface area (Å²) in [5, 5.41) is 62.5. The van der Waals surface area contributed by atoms with Crippen LogP contribution < -0.4 is 30.2 Å². The molecule has 0 aliphatic carbocycles. The van der Waals surface area contributed by atoms with E-state index in [2.05, 4.69) is 181 Å². The van der Waals surface area contributed by atoms with E-state index in [1.54, 1.807) is 34.6 Å². The van der Waals surface area contributed by atoms with Crippen LogP contribution in [0.2, 0.25) is 0 Å². The van der Waals surface area contributed by atoms with Crippen LogP contribution in [-0.2, 0) is 54.5 Å². The van der Waals surface area contributed by atoms with Gasteiger partial charge in [0.25, 0.3) is 28.4 Å². The van der Waals surface area contributed by atoms with E-state index in [1.807, 2.05) is 45.6 Å². The van der Waals surface area contributed by atoms with Crippen LogP contribution in [0.4, 0.5) is 56.9 Å². The molecule has 1 unspecified atom stereocenters. The van der Waals surface area contributed by atoms with Crippen LogP contribution in [0.15, 0.2) is 85.1 Å². The number of nitro benzene ring substituents is 5. The number of hydrogen-bond acceptors (Lipinski definition) is 30. The normalized spacial score (nSPS) is 16.9. The minimum atomic E-state index is -3.88. The van der Waals surface area contributed by atoms with Gasteiger partial charge in [-0.15, -0.1) is 0 Å². The van der Waals surface area contributed by atoms with Crippen molar-refractivity contribution >= 4 is 266 Å². The quantitative estimate of drug-likeness (QED) is 0.0216. The van der Waals surface area contributed by atoms with E-state index in [4.69, 9.17) is 10.5 Å². The number of piperidine rings is 2. The van der Waals surface area contributed by atoms with Crippen LogP contribution >= 0.6 is 159 Å². The maximum Gasteiger partial charge on any atom is 0.271 e. The van der Waals surface area contributed by atoms with Gasteiger partial charge in [0.1, 0.15) is 14.7 Å². The third kappa shape index (κ3) is 34.4. The summed E-state index contributed by atoms with van der Waals surface area (Å²) in [5.74, 6) is 0. The van der Waals surface area contributed by atoms with Crippen molar-refractivity contribution in [3.63, 3.8) is 0 Å². The first kappa shape index (κ1) is 124. The first-order valence-corrected chi connectivity index (χ1v) is 63.9. The molecule has 5 aliphatic rings. The number of likely N-dealkylation sites (tertiary alicyclic amines) is 2. The standard InChI is InChI=1S/C19H29Br2N3O4S.C18H28Br2N4O4S.C18H27Br2N3O4S.C16H24Br2N4O4S.C15H21Br2N3O5S/c1-15-13-16(24(25)26)14-18(19(15)23(11-7-20)12-8-21)29(27,28)17-5-3-9-22(2)10-4-6-17;1-14-12-16(24(25)26)13-17(18(14)22(10-6-19)11-7-20)29(27,28)23-8-4-15(5-9-23)21(2)3;1-14-12-15(23(24)25)13-17(18(14)22(10-6-19)11-7-20)28(26,27)16-4-3-8-21(2)9-5-16;1-12-10-14(22(23)24)11-15(16(12)20(8-4-17)9-5-18)27(25,26)21-6-2-13(19)3-7-21;1-12-10-13(20(21)22)11-14(15(12)18(4-2-16)5-3-17)26(23,24)19-6-8-25-9-7-19/h13-14,17H,3-12H2,1-2H3;12-13,15H,4-11H2,1-3H3;12-13,16H,3-11H2,1-2H3;10-11,13H,2-9,19H2,1H3;10-11H,2-9H2,1H3. The molecule has 0 bridgehead atoms.